The first-order chi connectivity index (χ1) is 16.4. The maximum atomic E-state index is 13.8. The number of aromatic hydroxyl groups is 1. The summed E-state index contributed by atoms with van der Waals surface area (Å²) in [4.78, 5) is 44.9. The SMILES string of the molecule is N[C@@H](Cc1ccccc1)C(=O)c1c(N2C(=O)CCCC2=O)c(O)cc2nc3ccccc3cc12. The lowest BCUT2D eigenvalue weighted by atomic mass is 9.92. The fraction of sp³-hybridized carbons (Fsp3) is 0.185. The van der Waals surface area contributed by atoms with Crippen LogP contribution in [0.4, 0.5) is 5.69 Å². The zero-order chi connectivity index (χ0) is 23.8. The van der Waals surface area contributed by atoms with E-state index in [2.05, 4.69) is 4.98 Å². The molecule has 1 aliphatic heterocycles. The maximum absolute atomic E-state index is 13.8. The van der Waals surface area contributed by atoms with Gasteiger partial charge in [0.25, 0.3) is 0 Å². The summed E-state index contributed by atoms with van der Waals surface area (Å²) in [6.07, 6.45) is 1.01. The first-order valence-corrected chi connectivity index (χ1v) is 11.2. The molecule has 2 amide bonds. The molecule has 1 atom stereocenters. The third-order valence-corrected chi connectivity index (χ3v) is 6.16. The molecule has 1 saturated heterocycles. The van der Waals surface area contributed by atoms with Gasteiger partial charge in [0.1, 0.15) is 11.4 Å². The summed E-state index contributed by atoms with van der Waals surface area (Å²) in [5.74, 6) is -1.73. The minimum Gasteiger partial charge on any atom is -0.506 e. The van der Waals surface area contributed by atoms with Crippen LogP contribution in [0.15, 0.2) is 66.7 Å². The van der Waals surface area contributed by atoms with Crippen molar-refractivity contribution < 1.29 is 19.5 Å². The molecule has 170 valence electrons. The number of nitrogens with two attached hydrogens (primary N) is 1. The van der Waals surface area contributed by atoms with Crippen LogP contribution in [-0.2, 0) is 16.0 Å². The Morgan fingerprint density at radius 2 is 1.65 bits per heavy atom. The van der Waals surface area contributed by atoms with Gasteiger partial charge in [0.2, 0.25) is 11.8 Å². The van der Waals surface area contributed by atoms with Gasteiger partial charge in [-0.05, 0) is 30.5 Å². The number of aromatic nitrogens is 1. The Morgan fingerprint density at radius 3 is 2.38 bits per heavy atom. The monoisotopic (exact) mass is 453 g/mol. The number of fused-ring (bicyclic) bond motifs is 2. The number of para-hydroxylation sites is 1. The van der Waals surface area contributed by atoms with Gasteiger partial charge in [0.15, 0.2) is 5.78 Å². The number of anilines is 1. The van der Waals surface area contributed by atoms with Crippen LogP contribution in [0, 0.1) is 0 Å². The minimum atomic E-state index is -0.951. The van der Waals surface area contributed by atoms with Crippen LogP contribution in [0.3, 0.4) is 0 Å². The van der Waals surface area contributed by atoms with Gasteiger partial charge >= 0.3 is 0 Å². The average Bonchev–Trinajstić information content (AvgIpc) is 2.83. The number of pyridine rings is 1. The Kier molecular flexibility index (Phi) is 5.55. The number of Topliss-reactive ketones (excluding diaryl/α,β-unsaturated/α-hetero) is 1. The zero-order valence-corrected chi connectivity index (χ0v) is 18.4. The third-order valence-electron chi connectivity index (χ3n) is 6.16. The van der Waals surface area contributed by atoms with Crippen molar-refractivity contribution in [3.05, 3.63) is 77.9 Å². The lowest BCUT2D eigenvalue weighted by Gasteiger charge is -2.28. The Bertz CT molecular complexity index is 1430. The van der Waals surface area contributed by atoms with E-state index >= 15 is 0 Å². The number of piperidine rings is 1. The number of imide groups is 1. The van der Waals surface area contributed by atoms with Crippen LogP contribution >= 0.6 is 0 Å². The molecule has 3 aromatic carbocycles. The number of hydrogen-bond donors (Lipinski definition) is 2. The number of benzene rings is 3. The highest BCUT2D eigenvalue weighted by molar-refractivity contribution is 6.25. The van der Waals surface area contributed by atoms with Crippen molar-refractivity contribution in [2.75, 3.05) is 4.90 Å². The summed E-state index contributed by atoms with van der Waals surface area (Å²) < 4.78 is 0. The number of hydrogen-bond acceptors (Lipinski definition) is 6. The van der Waals surface area contributed by atoms with Crippen molar-refractivity contribution in [3.8, 4) is 5.75 Å². The highest BCUT2D eigenvalue weighted by Gasteiger charge is 2.35. The molecule has 0 unspecified atom stereocenters. The second-order valence-electron chi connectivity index (χ2n) is 8.50. The topological polar surface area (TPSA) is 114 Å². The molecule has 0 aliphatic carbocycles. The largest absolute Gasteiger partial charge is 0.506 e. The number of rotatable bonds is 5. The number of carbonyl (C=O) groups is 3. The van der Waals surface area contributed by atoms with Gasteiger partial charge in [-0.3, -0.25) is 14.4 Å². The highest BCUT2D eigenvalue weighted by Crippen LogP contribution is 2.40. The Labute approximate surface area is 195 Å². The van der Waals surface area contributed by atoms with Gasteiger partial charge in [-0.15, -0.1) is 0 Å². The summed E-state index contributed by atoms with van der Waals surface area (Å²) in [6, 6.07) is 19.0. The van der Waals surface area contributed by atoms with E-state index in [1.54, 1.807) is 6.07 Å². The number of nitrogens with zero attached hydrogens (tertiary/aromatic N) is 2. The molecule has 5 rings (SSSR count). The molecule has 1 aliphatic rings. The fourth-order valence-corrected chi connectivity index (χ4v) is 4.52. The normalized spacial score (nSPS) is 15.1. The predicted molar refractivity (Wildman–Crippen MR) is 130 cm³/mol. The molecule has 0 radical (unpaired) electrons. The summed E-state index contributed by atoms with van der Waals surface area (Å²) in [7, 11) is 0. The van der Waals surface area contributed by atoms with E-state index in [4.69, 9.17) is 5.73 Å². The minimum absolute atomic E-state index is 0.0419. The van der Waals surface area contributed by atoms with Gasteiger partial charge in [0.05, 0.1) is 22.6 Å². The molecule has 1 aromatic heterocycles. The molecular formula is C27H23N3O4. The number of carbonyl (C=O) groups excluding carboxylic acids is 3. The second kappa shape index (κ2) is 8.68. The number of amides is 2. The lowest BCUT2D eigenvalue weighted by molar-refractivity contribution is -0.129. The molecule has 4 aromatic rings. The van der Waals surface area contributed by atoms with Crippen molar-refractivity contribution in [3.63, 3.8) is 0 Å². The van der Waals surface area contributed by atoms with E-state index < -0.39 is 23.6 Å². The molecule has 7 nitrogen and oxygen atoms in total. The summed E-state index contributed by atoms with van der Waals surface area (Å²) in [5.41, 5.74) is 8.25. The van der Waals surface area contributed by atoms with E-state index in [9.17, 15) is 19.5 Å². The first kappa shape index (κ1) is 21.7. The van der Waals surface area contributed by atoms with Crippen molar-refractivity contribution in [1.29, 1.82) is 0 Å². The highest BCUT2D eigenvalue weighted by atomic mass is 16.3. The summed E-state index contributed by atoms with van der Waals surface area (Å²) >= 11 is 0. The van der Waals surface area contributed by atoms with Crippen LogP contribution in [0.5, 0.6) is 5.75 Å². The molecule has 7 heteroatoms. The standard InChI is InChI=1S/C27H23N3O4/c28-19(13-16-7-2-1-3-8-16)27(34)25-18-14-17-9-4-5-10-20(17)29-21(18)15-22(31)26(25)30-23(32)11-6-12-24(30)33/h1-5,7-10,14-15,19,31H,6,11-13,28H2/t19-/m0/s1. The average molecular weight is 453 g/mol. The molecule has 0 bridgehead atoms. The van der Waals surface area contributed by atoms with Crippen molar-refractivity contribution in [2.45, 2.75) is 31.7 Å². The van der Waals surface area contributed by atoms with Gasteiger partial charge in [0, 0.05) is 29.7 Å². The van der Waals surface area contributed by atoms with Gasteiger partial charge < -0.3 is 10.8 Å². The maximum Gasteiger partial charge on any atom is 0.233 e. The van der Waals surface area contributed by atoms with Crippen molar-refractivity contribution in [1.82, 2.24) is 4.98 Å². The Hall–Kier alpha value is -4.10. The van der Waals surface area contributed by atoms with Crippen LogP contribution < -0.4 is 10.6 Å². The van der Waals surface area contributed by atoms with E-state index in [0.717, 1.165) is 15.8 Å². The van der Waals surface area contributed by atoms with Crippen molar-refractivity contribution >= 4 is 45.1 Å². The number of phenols is 1. The first-order valence-electron chi connectivity index (χ1n) is 11.2. The zero-order valence-electron chi connectivity index (χ0n) is 18.4. The Balaban J connectivity index is 1.74. The van der Waals surface area contributed by atoms with E-state index in [1.807, 2.05) is 54.6 Å². The second-order valence-corrected chi connectivity index (χ2v) is 8.50. The fourth-order valence-electron chi connectivity index (χ4n) is 4.52. The molecule has 0 spiro atoms. The lowest BCUT2D eigenvalue weighted by Crippen LogP contribution is -2.42. The molecule has 34 heavy (non-hydrogen) atoms. The van der Waals surface area contributed by atoms with E-state index in [0.29, 0.717) is 22.8 Å². The van der Waals surface area contributed by atoms with E-state index in [1.165, 1.54) is 6.07 Å². The van der Waals surface area contributed by atoms with Gasteiger partial charge in [-0.1, -0.05) is 48.5 Å². The van der Waals surface area contributed by atoms with Gasteiger partial charge in [-0.2, -0.15) is 0 Å². The number of phenolic OH excluding ortho intramolecular Hbond substituents is 1. The van der Waals surface area contributed by atoms with Crippen molar-refractivity contribution in [2.24, 2.45) is 5.73 Å². The molecule has 0 saturated carbocycles. The van der Waals surface area contributed by atoms with E-state index in [-0.39, 0.29) is 36.3 Å². The van der Waals surface area contributed by atoms with Crippen LogP contribution in [0.25, 0.3) is 21.8 Å². The summed E-state index contributed by atoms with van der Waals surface area (Å²) in [6.45, 7) is 0. The molecule has 2 heterocycles. The molecule has 3 N–H and O–H groups in total. The molecular weight excluding hydrogens is 430 g/mol. The van der Waals surface area contributed by atoms with Crippen LogP contribution in [-0.4, -0.2) is 33.7 Å². The third kappa shape index (κ3) is 3.80. The number of ketones is 1. The quantitative estimate of drug-likeness (QED) is 0.269. The summed E-state index contributed by atoms with van der Waals surface area (Å²) in [5, 5.41) is 12.2. The molecule has 1 fully saturated rings. The smallest absolute Gasteiger partial charge is 0.233 e. The predicted octanol–water partition coefficient (Wildman–Crippen LogP) is 3.89. The Morgan fingerprint density at radius 1 is 0.971 bits per heavy atom. The van der Waals surface area contributed by atoms with Gasteiger partial charge in [-0.25, -0.2) is 9.88 Å². The van der Waals surface area contributed by atoms with Crippen LogP contribution in [0.1, 0.15) is 35.2 Å². The van der Waals surface area contributed by atoms with Crippen LogP contribution in [0.2, 0.25) is 0 Å².